The molecule has 0 aromatic carbocycles. The van der Waals surface area contributed by atoms with Crippen LogP contribution in [0.4, 0.5) is 0 Å². The summed E-state index contributed by atoms with van der Waals surface area (Å²) in [6.45, 7) is 6.63. The van der Waals surface area contributed by atoms with Crippen LogP contribution in [0.1, 0.15) is 85.0 Å². The van der Waals surface area contributed by atoms with Crippen molar-refractivity contribution >= 4 is 5.78 Å². The van der Waals surface area contributed by atoms with E-state index in [-0.39, 0.29) is 10.8 Å². The Hall–Kier alpha value is -0.370. The van der Waals surface area contributed by atoms with Gasteiger partial charge in [-0.1, -0.05) is 26.7 Å². The molecule has 4 rings (SSSR count). The molecule has 0 radical (unpaired) electrons. The van der Waals surface area contributed by atoms with E-state index >= 15 is 0 Å². The number of fused-ring (bicyclic) bond motifs is 5. The largest absolute Gasteiger partial charge is 0.389 e. The van der Waals surface area contributed by atoms with Gasteiger partial charge in [0.15, 0.2) is 0 Å². The molecule has 0 saturated heterocycles. The van der Waals surface area contributed by atoms with Crippen LogP contribution in [-0.4, -0.2) is 16.5 Å². The number of ketones is 1. The highest BCUT2D eigenvalue weighted by Gasteiger charge is 2.63. The third kappa shape index (κ3) is 2.00. The maximum Gasteiger partial charge on any atom is 0.133 e. The SMILES string of the molecule is CC(=O)[C@H]1CC[C@H]2[C@@H]3CC[C@]4(O)CCCC[C@]4(C)[C@H]3CC[C@]12C. The van der Waals surface area contributed by atoms with Crippen LogP contribution in [0.3, 0.4) is 0 Å². The van der Waals surface area contributed by atoms with Gasteiger partial charge in [0.2, 0.25) is 0 Å². The molecular formula is C21H34O2. The predicted molar refractivity (Wildman–Crippen MR) is 92.0 cm³/mol. The van der Waals surface area contributed by atoms with E-state index in [0.717, 1.165) is 31.1 Å². The number of rotatable bonds is 1. The Bertz CT molecular complexity index is 514. The first kappa shape index (κ1) is 16.1. The Kier molecular flexibility index (Phi) is 3.55. The smallest absolute Gasteiger partial charge is 0.133 e. The van der Waals surface area contributed by atoms with Gasteiger partial charge in [0.05, 0.1) is 5.60 Å². The van der Waals surface area contributed by atoms with E-state index in [4.69, 9.17) is 0 Å². The highest BCUT2D eigenvalue weighted by atomic mass is 16.3. The van der Waals surface area contributed by atoms with E-state index in [1.165, 1.54) is 44.9 Å². The molecule has 1 N–H and O–H groups in total. The molecule has 4 aliphatic carbocycles. The van der Waals surface area contributed by atoms with Gasteiger partial charge in [-0.3, -0.25) is 4.79 Å². The highest BCUT2D eigenvalue weighted by molar-refractivity contribution is 5.79. The standard InChI is InChI=1S/C21H34O2/c1-14(22)16-6-7-17-15-8-13-21(23)11-5-4-10-20(21,3)18(15)9-12-19(16,17)2/h15-18,23H,4-13H2,1-3H3/t15-,16+,17-,18-,19+,20+,21+/m0/s1. The van der Waals surface area contributed by atoms with Crippen molar-refractivity contribution in [1.29, 1.82) is 0 Å². The first-order valence-electron chi connectivity index (χ1n) is 10.0. The monoisotopic (exact) mass is 318 g/mol. The number of hydrogen-bond acceptors (Lipinski definition) is 2. The van der Waals surface area contributed by atoms with Gasteiger partial charge in [-0.05, 0) is 86.9 Å². The average molecular weight is 319 g/mol. The van der Waals surface area contributed by atoms with Crippen molar-refractivity contribution in [3.63, 3.8) is 0 Å². The molecule has 0 aliphatic heterocycles. The molecule has 7 atom stereocenters. The zero-order valence-corrected chi connectivity index (χ0v) is 15.2. The average Bonchev–Trinajstić information content (AvgIpc) is 2.85. The van der Waals surface area contributed by atoms with E-state index in [1.54, 1.807) is 0 Å². The third-order valence-electron chi connectivity index (χ3n) is 9.24. The Morgan fingerprint density at radius 1 is 0.913 bits per heavy atom. The Balaban J connectivity index is 1.66. The number of carbonyl (C=O) groups excluding carboxylic acids is 1. The molecule has 130 valence electrons. The first-order chi connectivity index (χ1) is 10.8. The summed E-state index contributed by atoms with van der Waals surface area (Å²) in [5.74, 6) is 2.88. The van der Waals surface area contributed by atoms with Gasteiger partial charge in [0.1, 0.15) is 5.78 Å². The lowest BCUT2D eigenvalue weighted by Crippen LogP contribution is -2.61. The summed E-state index contributed by atoms with van der Waals surface area (Å²) in [6.07, 6.45) is 11.7. The summed E-state index contributed by atoms with van der Waals surface area (Å²) in [7, 11) is 0. The van der Waals surface area contributed by atoms with E-state index in [9.17, 15) is 9.90 Å². The third-order valence-corrected chi connectivity index (χ3v) is 9.24. The van der Waals surface area contributed by atoms with Gasteiger partial charge in [-0.15, -0.1) is 0 Å². The molecule has 0 bridgehead atoms. The maximum absolute atomic E-state index is 12.2. The second-order valence-electron chi connectivity index (χ2n) is 9.86. The highest BCUT2D eigenvalue weighted by Crippen LogP contribution is 2.68. The molecule has 0 amide bonds. The molecule has 2 nitrogen and oxygen atoms in total. The number of carbonyl (C=O) groups is 1. The fourth-order valence-electron chi connectivity index (χ4n) is 7.92. The minimum atomic E-state index is -0.404. The van der Waals surface area contributed by atoms with Crippen molar-refractivity contribution in [3.05, 3.63) is 0 Å². The molecule has 2 heteroatoms. The van der Waals surface area contributed by atoms with Crippen molar-refractivity contribution < 1.29 is 9.90 Å². The predicted octanol–water partition coefficient (Wildman–Crippen LogP) is 4.74. The van der Waals surface area contributed by atoms with Crippen molar-refractivity contribution in [2.24, 2.45) is 34.5 Å². The van der Waals surface area contributed by atoms with Crippen LogP contribution < -0.4 is 0 Å². The summed E-state index contributed by atoms with van der Waals surface area (Å²) in [5.41, 5.74) is -0.0317. The number of hydrogen-bond donors (Lipinski definition) is 1. The summed E-state index contributed by atoms with van der Waals surface area (Å²) in [4.78, 5) is 12.2. The van der Waals surface area contributed by atoms with Crippen LogP contribution in [-0.2, 0) is 4.79 Å². The van der Waals surface area contributed by atoms with Gasteiger partial charge in [0, 0.05) is 5.92 Å². The van der Waals surface area contributed by atoms with Crippen LogP contribution in [0.2, 0.25) is 0 Å². The van der Waals surface area contributed by atoms with Crippen molar-refractivity contribution in [1.82, 2.24) is 0 Å². The van der Waals surface area contributed by atoms with Crippen molar-refractivity contribution in [2.75, 3.05) is 0 Å². The second-order valence-corrected chi connectivity index (χ2v) is 9.86. The van der Waals surface area contributed by atoms with Gasteiger partial charge in [-0.25, -0.2) is 0 Å². The number of Topliss-reactive ketones (excluding diaryl/α,β-unsaturated/α-hetero) is 1. The van der Waals surface area contributed by atoms with Crippen LogP contribution in [0.5, 0.6) is 0 Å². The lowest BCUT2D eigenvalue weighted by atomic mass is 9.43. The second kappa shape index (κ2) is 5.07. The van der Waals surface area contributed by atoms with Crippen LogP contribution in [0.15, 0.2) is 0 Å². The van der Waals surface area contributed by atoms with Gasteiger partial charge < -0.3 is 5.11 Å². The van der Waals surface area contributed by atoms with Gasteiger partial charge in [-0.2, -0.15) is 0 Å². The zero-order valence-electron chi connectivity index (χ0n) is 15.2. The van der Waals surface area contributed by atoms with Crippen molar-refractivity contribution in [3.8, 4) is 0 Å². The molecule has 4 fully saturated rings. The minimum absolute atomic E-state index is 0.129. The molecule has 0 heterocycles. The van der Waals surface area contributed by atoms with E-state index in [2.05, 4.69) is 13.8 Å². The van der Waals surface area contributed by atoms with Crippen LogP contribution in [0, 0.1) is 34.5 Å². The summed E-state index contributed by atoms with van der Waals surface area (Å²) in [6, 6.07) is 0. The summed E-state index contributed by atoms with van der Waals surface area (Å²) < 4.78 is 0. The minimum Gasteiger partial charge on any atom is -0.389 e. The molecule has 0 spiro atoms. The van der Waals surface area contributed by atoms with Crippen LogP contribution in [0.25, 0.3) is 0 Å². The zero-order chi connectivity index (χ0) is 16.5. The first-order valence-corrected chi connectivity index (χ1v) is 10.0. The van der Waals surface area contributed by atoms with Crippen LogP contribution >= 0.6 is 0 Å². The molecule has 23 heavy (non-hydrogen) atoms. The van der Waals surface area contributed by atoms with E-state index in [0.29, 0.717) is 17.6 Å². The Labute approximate surface area is 141 Å². The normalized spacial score (nSPS) is 55.7. The lowest BCUT2D eigenvalue weighted by Gasteiger charge is -2.63. The van der Waals surface area contributed by atoms with E-state index < -0.39 is 5.60 Å². The fraction of sp³-hybridized carbons (Fsp3) is 0.952. The molecule has 4 aliphatic rings. The maximum atomic E-state index is 12.2. The fourth-order valence-corrected chi connectivity index (χ4v) is 7.92. The molecule has 0 unspecified atom stereocenters. The number of aliphatic hydroxyl groups is 1. The summed E-state index contributed by atoms with van der Waals surface area (Å²) in [5, 5.41) is 11.4. The van der Waals surface area contributed by atoms with Gasteiger partial charge >= 0.3 is 0 Å². The Morgan fingerprint density at radius 2 is 1.65 bits per heavy atom. The Morgan fingerprint density at radius 3 is 2.39 bits per heavy atom. The van der Waals surface area contributed by atoms with Crippen molar-refractivity contribution in [2.45, 2.75) is 90.6 Å². The topological polar surface area (TPSA) is 37.3 Å². The molecule has 0 aromatic rings. The molecular weight excluding hydrogens is 284 g/mol. The lowest BCUT2D eigenvalue weighted by molar-refractivity contribution is -0.204. The summed E-state index contributed by atoms with van der Waals surface area (Å²) >= 11 is 0. The molecule has 4 saturated carbocycles. The van der Waals surface area contributed by atoms with E-state index in [1.807, 2.05) is 6.92 Å². The quantitative estimate of drug-likeness (QED) is 0.758. The molecule has 0 aromatic heterocycles. The van der Waals surface area contributed by atoms with Gasteiger partial charge in [0.25, 0.3) is 0 Å².